The third kappa shape index (κ3) is 1.57. The van der Waals surface area contributed by atoms with Crippen molar-refractivity contribution in [2.24, 2.45) is 0 Å². The number of piperidine rings is 1. The Morgan fingerprint density at radius 2 is 1.86 bits per heavy atom. The molecule has 0 aromatic heterocycles. The summed E-state index contributed by atoms with van der Waals surface area (Å²) >= 11 is 0. The van der Waals surface area contributed by atoms with Gasteiger partial charge in [0.05, 0.1) is 0 Å². The smallest absolute Gasteiger partial charge is 0.0429 e. The summed E-state index contributed by atoms with van der Waals surface area (Å²) in [5.41, 5.74) is 1.72. The fourth-order valence-corrected chi connectivity index (χ4v) is 2.42. The average Bonchev–Trinajstić information content (AvgIpc) is 2.24. The highest BCUT2D eigenvalue weighted by molar-refractivity contribution is 5.24. The van der Waals surface area contributed by atoms with Gasteiger partial charge in [0.2, 0.25) is 0 Å². The third-order valence-electron chi connectivity index (χ3n) is 3.65. The lowest BCUT2D eigenvalue weighted by Crippen LogP contribution is -2.44. The van der Waals surface area contributed by atoms with Crippen LogP contribution in [-0.4, -0.2) is 18.5 Å². The fraction of sp³-hybridized carbons (Fsp3) is 0.538. The Bertz CT molecular complexity index is 293. The van der Waals surface area contributed by atoms with E-state index in [1.165, 1.54) is 31.4 Å². The molecule has 0 spiro atoms. The molecule has 1 heteroatoms. The maximum absolute atomic E-state index is 2.49. The van der Waals surface area contributed by atoms with Gasteiger partial charge in [0.1, 0.15) is 0 Å². The van der Waals surface area contributed by atoms with Crippen LogP contribution >= 0.6 is 0 Å². The molecule has 0 bridgehead atoms. The SMILES string of the molecule is CN1CCCCC1(C)c1ccccc1. The van der Waals surface area contributed by atoms with E-state index in [1.807, 2.05) is 0 Å². The summed E-state index contributed by atoms with van der Waals surface area (Å²) < 4.78 is 0. The normalized spacial score (nSPS) is 29.0. The van der Waals surface area contributed by atoms with Crippen molar-refractivity contribution in [3.8, 4) is 0 Å². The zero-order chi connectivity index (χ0) is 10.0. The van der Waals surface area contributed by atoms with Crippen LogP contribution in [0.25, 0.3) is 0 Å². The third-order valence-corrected chi connectivity index (χ3v) is 3.65. The van der Waals surface area contributed by atoms with Crippen molar-refractivity contribution < 1.29 is 0 Å². The molecule has 1 atom stereocenters. The Labute approximate surface area is 86.7 Å². The molecule has 14 heavy (non-hydrogen) atoms. The number of likely N-dealkylation sites (tertiary alicyclic amines) is 1. The monoisotopic (exact) mass is 189 g/mol. The molecule has 1 heterocycles. The highest BCUT2D eigenvalue weighted by Gasteiger charge is 2.32. The van der Waals surface area contributed by atoms with Crippen LogP contribution < -0.4 is 0 Å². The van der Waals surface area contributed by atoms with Gasteiger partial charge in [-0.3, -0.25) is 4.90 Å². The van der Waals surface area contributed by atoms with Gasteiger partial charge in [-0.1, -0.05) is 36.8 Å². The summed E-state index contributed by atoms with van der Waals surface area (Å²) in [5.74, 6) is 0. The van der Waals surface area contributed by atoms with E-state index in [0.717, 1.165) is 0 Å². The van der Waals surface area contributed by atoms with E-state index in [2.05, 4.69) is 49.2 Å². The van der Waals surface area contributed by atoms with E-state index in [0.29, 0.717) is 0 Å². The quantitative estimate of drug-likeness (QED) is 0.656. The van der Waals surface area contributed by atoms with Gasteiger partial charge in [0, 0.05) is 5.54 Å². The predicted octanol–water partition coefficient (Wildman–Crippen LogP) is 3.02. The lowest BCUT2D eigenvalue weighted by atomic mass is 9.82. The van der Waals surface area contributed by atoms with Gasteiger partial charge in [-0.2, -0.15) is 0 Å². The van der Waals surface area contributed by atoms with Crippen molar-refractivity contribution in [1.82, 2.24) is 4.90 Å². The second-order valence-corrected chi connectivity index (χ2v) is 4.52. The standard InChI is InChI=1S/C13H19N/c1-13(10-6-7-11-14(13)2)12-8-4-3-5-9-12/h3-5,8-9H,6-7,10-11H2,1-2H3. The second kappa shape index (κ2) is 3.74. The first-order valence-corrected chi connectivity index (χ1v) is 5.50. The van der Waals surface area contributed by atoms with E-state index < -0.39 is 0 Å². The fourth-order valence-electron chi connectivity index (χ4n) is 2.42. The first kappa shape index (κ1) is 9.72. The zero-order valence-electron chi connectivity index (χ0n) is 9.16. The van der Waals surface area contributed by atoms with Gasteiger partial charge in [-0.25, -0.2) is 0 Å². The van der Waals surface area contributed by atoms with Gasteiger partial charge in [-0.05, 0) is 38.9 Å². The lowest BCUT2D eigenvalue weighted by molar-refractivity contribution is 0.0886. The molecule has 0 aliphatic carbocycles. The van der Waals surface area contributed by atoms with Crippen LogP contribution in [0.4, 0.5) is 0 Å². The van der Waals surface area contributed by atoms with Crippen LogP contribution in [0.2, 0.25) is 0 Å². The van der Waals surface area contributed by atoms with E-state index in [1.54, 1.807) is 0 Å². The minimum atomic E-state index is 0.263. The van der Waals surface area contributed by atoms with E-state index in [9.17, 15) is 0 Å². The molecule has 1 aromatic rings. The highest BCUT2D eigenvalue weighted by Crippen LogP contribution is 2.35. The molecular weight excluding hydrogens is 170 g/mol. The minimum absolute atomic E-state index is 0.263. The summed E-state index contributed by atoms with van der Waals surface area (Å²) in [5, 5.41) is 0. The highest BCUT2D eigenvalue weighted by atomic mass is 15.2. The van der Waals surface area contributed by atoms with Gasteiger partial charge in [0.15, 0.2) is 0 Å². The average molecular weight is 189 g/mol. The molecule has 1 fully saturated rings. The summed E-state index contributed by atoms with van der Waals surface area (Å²) in [6, 6.07) is 10.9. The van der Waals surface area contributed by atoms with Crippen molar-refractivity contribution in [3.05, 3.63) is 35.9 Å². The number of hydrogen-bond acceptors (Lipinski definition) is 1. The summed E-state index contributed by atoms with van der Waals surface area (Å²) in [4.78, 5) is 2.49. The topological polar surface area (TPSA) is 3.24 Å². The molecule has 1 saturated heterocycles. The molecule has 0 saturated carbocycles. The van der Waals surface area contributed by atoms with E-state index >= 15 is 0 Å². The van der Waals surface area contributed by atoms with Crippen LogP contribution in [0.3, 0.4) is 0 Å². The lowest BCUT2D eigenvalue weighted by Gasteiger charge is -2.43. The zero-order valence-corrected chi connectivity index (χ0v) is 9.16. The number of rotatable bonds is 1. The Kier molecular flexibility index (Phi) is 2.60. The van der Waals surface area contributed by atoms with Crippen LogP contribution in [0.15, 0.2) is 30.3 Å². The number of nitrogens with zero attached hydrogens (tertiary/aromatic N) is 1. The van der Waals surface area contributed by atoms with Crippen molar-refractivity contribution in [1.29, 1.82) is 0 Å². The first-order chi connectivity index (χ1) is 6.73. The summed E-state index contributed by atoms with van der Waals surface area (Å²) in [7, 11) is 2.24. The molecule has 1 aliphatic rings. The molecule has 0 amide bonds. The molecule has 1 aliphatic heterocycles. The van der Waals surface area contributed by atoms with Crippen molar-refractivity contribution >= 4 is 0 Å². The maximum atomic E-state index is 2.49. The first-order valence-electron chi connectivity index (χ1n) is 5.50. The molecular formula is C13H19N. The second-order valence-electron chi connectivity index (χ2n) is 4.52. The van der Waals surface area contributed by atoms with Gasteiger partial charge in [-0.15, -0.1) is 0 Å². The van der Waals surface area contributed by atoms with E-state index in [-0.39, 0.29) is 5.54 Å². The van der Waals surface area contributed by atoms with Gasteiger partial charge in [0.25, 0.3) is 0 Å². The van der Waals surface area contributed by atoms with Gasteiger partial charge >= 0.3 is 0 Å². The molecule has 1 nitrogen and oxygen atoms in total. The van der Waals surface area contributed by atoms with Crippen molar-refractivity contribution in [2.75, 3.05) is 13.6 Å². The Morgan fingerprint density at radius 1 is 1.14 bits per heavy atom. The van der Waals surface area contributed by atoms with Gasteiger partial charge < -0.3 is 0 Å². The summed E-state index contributed by atoms with van der Waals surface area (Å²) in [6.45, 7) is 3.59. The Hall–Kier alpha value is -0.820. The number of hydrogen-bond donors (Lipinski definition) is 0. The molecule has 1 unspecified atom stereocenters. The Morgan fingerprint density at radius 3 is 2.50 bits per heavy atom. The van der Waals surface area contributed by atoms with Crippen LogP contribution in [-0.2, 0) is 5.54 Å². The van der Waals surface area contributed by atoms with Crippen LogP contribution in [0.1, 0.15) is 31.7 Å². The Balaban J connectivity index is 2.30. The summed E-state index contributed by atoms with van der Waals surface area (Å²) in [6.07, 6.45) is 3.99. The molecule has 0 radical (unpaired) electrons. The van der Waals surface area contributed by atoms with Crippen LogP contribution in [0.5, 0.6) is 0 Å². The maximum Gasteiger partial charge on any atom is 0.0429 e. The van der Waals surface area contributed by atoms with Crippen molar-refractivity contribution in [3.63, 3.8) is 0 Å². The van der Waals surface area contributed by atoms with Crippen molar-refractivity contribution in [2.45, 2.75) is 31.7 Å². The molecule has 1 aromatic carbocycles. The van der Waals surface area contributed by atoms with E-state index in [4.69, 9.17) is 0 Å². The molecule has 0 N–H and O–H groups in total. The minimum Gasteiger partial charge on any atom is -0.297 e. The van der Waals surface area contributed by atoms with Crippen LogP contribution in [0, 0.1) is 0 Å². The predicted molar refractivity (Wildman–Crippen MR) is 60.3 cm³/mol. The largest absolute Gasteiger partial charge is 0.297 e. The molecule has 2 rings (SSSR count). The molecule has 76 valence electrons. The number of benzene rings is 1.